The minimum absolute atomic E-state index is 0.109. The molecule has 2 aromatic carbocycles. The van der Waals surface area contributed by atoms with Crippen molar-refractivity contribution in [3.8, 4) is 0 Å². The van der Waals surface area contributed by atoms with Crippen LogP contribution < -0.4 is 4.72 Å². The third-order valence-electron chi connectivity index (χ3n) is 3.22. The highest BCUT2D eigenvalue weighted by Crippen LogP contribution is 2.17. The van der Waals surface area contributed by atoms with Crippen LogP contribution in [0, 0.1) is 5.82 Å². The summed E-state index contributed by atoms with van der Waals surface area (Å²) in [5, 5.41) is 0. The molecule has 0 aliphatic rings. The molecule has 0 radical (unpaired) electrons. The molecule has 0 fully saturated rings. The number of rotatable bonds is 6. The van der Waals surface area contributed by atoms with Gasteiger partial charge in [-0.2, -0.15) is 0 Å². The average Bonchev–Trinajstić information content (AvgIpc) is 2.49. The van der Waals surface area contributed by atoms with Gasteiger partial charge in [0, 0.05) is 6.54 Å². The smallest absolute Gasteiger partial charge is 0.207 e. The van der Waals surface area contributed by atoms with Gasteiger partial charge in [-0.25, -0.2) is 17.5 Å². The highest BCUT2D eigenvalue weighted by Gasteiger charge is 2.13. The van der Waals surface area contributed by atoms with Gasteiger partial charge < -0.3 is 0 Å². The molecule has 2 rings (SSSR count). The largest absolute Gasteiger partial charge is 0.240 e. The molecule has 22 heavy (non-hydrogen) atoms. The molecule has 118 valence electrons. The summed E-state index contributed by atoms with van der Waals surface area (Å²) in [5.74, 6) is -0.377. The minimum Gasteiger partial charge on any atom is -0.207 e. The van der Waals surface area contributed by atoms with Crippen LogP contribution in [0.3, 0.4) is 0 Å². The summed E-state index contributed by atoms with van der Waals surface area (Å²) in [5.41, 5.74) is 1.79. The van der Waals surface area contributed by atoms with Crippen molar-refractivity contribution in [1.29, 1.82) is 0 Å². The second kappa shape index (κ2) is 7.35. The van der Waals surface area contributed by atoms with Crippen molar-refractivity contribution in [2.24, 2.45) is 0 Å². The van der Waals surface area contributed by atoms with Crippen molar-refractivity contribution in [2.75, 3.05) is 0 Å². The zero-order valence-electron chi connectivity index (χ0n) is 12.1. The van der Waals surface area contributed by atoms with E-state index in [9.17, 15) is 12.8 Å². The fourth-order valence-corrected chi connectivity index (χ4v) is 3.48. The fourth-order valence-electron chi connectivity index (χ4n) is 2.04. The summed E-state index contributed by atoms with van der Waals surface area (Å²) in [6.45, 7) is 2.19. The Morgan fingerprint density at radius 2 is 1.73 bits per heavy atom. The predicted molar refractivity (Wildman–Crippen MR) is 88.6 cm³/mol. The molecule has 2 aromatic rings. The van der Waals surface area contributed by atoms with Gasteiger partial charge in [0.25, 0.3) is 0 Å². The standard InChI is InChI=1S/C16H17BrFNO2S/c1-2-3-12-4-7-14(8-5-12)22(20,21)19-11-13-6-9-16(18)15(17)10-13/h4-10,19H,2-3,11H2,1H3. The van der Waals surface area contributed by atoms with Crippen molar-refractivity contribution in [3.63, 3.8) is 0 Å². The number of nitrogens with one attached hydrogen (secondary N) is 1. The number of aryl methyl sites for hydroxylation is 1. The third kappa shape index (κ3) is 4.38. The van der Waals surface area contributed by atoms with Crippen LogP contribution in [0.25, 0.3) is 0 Å². The molecular weight excluding hydrogens is 369 g/mol. The Labute approximate surface area is 138 Å². The van der Waals surface area contributed by atoms with E-state index in [0.717, 1.165) is 18.4 Å². The van der Waals surface area contributed by atoms with Gasteiger partial charge in [0.15, 0.2) is 0 Å². The Morgan fingerprint density at radius 1 is 1.09 bits per heavy atom. The van der Waals surface area contributed by atoms with E-state index in [4.69, 9.17) is 0 Å². The Morgan fingerprint density at radius 3 is 2.32 bits per heavy atom. The van der Waals surface area contributed by atoms with E-state index in [1.54, 1.807) is 24.3 Å². The summed E-state index contributed by atoms with van der Waals surface area (Å²) >= 11 is 3.08. The highest BCUT2D eigenvalue weighted by atomic mass is 79.9. The Balaban J connectivity index is 2.08. The summed E-state index contributed by atoms with van der Waals surface area (Å²) in [6, 6.07) is 11.3. The molecule has 1 N–H and O–H groups in total. The van der Waals surface area contributed by atoms with Gasteiger partial charge in [0.1, 0.15) is 5.82 Å². The first kappa shape index (κ1) is 17.1. The number of hydrogen-bond acceptors (Lipinski definition) is 2. The first-order chi connectivity index (χ1) is 10.4. The van der Waals surface area contributed by atoms with E-state index in [2.05, 4.69) is 27.6 Å². The predicted octanol–water partition coefficient (Wildman–Crippen LogP) is 4.02. The van der Waals surface area contributed by atoms with Crippen LogP contribution in [0.15, 0.2) is 51.8 Å². The summed E-state index contributed by atoms with van der Waals surface area (Å²) in [7, 11) is -3.57. The lowest BCUT2D eigenvalue weighted by molar-refractivity contribution is 0.581. The zero-order chi connectivity index (χ0) is 16.2. The van der Waals surface area contributed by atoms with E-state index in [1.807, 2.05) is 12.1 Å². The highest BCUT2D eigenvalue weighted by molar-refractivity contribution is 9.10. The number of benzene rings is 2. The first-order valence-electron chi connectivity index (χ1n) is 6.95. The van der Waals surface area contributed by atoms with Crippen molar-refractivity contribution < 1.29 is 12.8 Å². The maximum absolute atomic E-state index is 13.2. The summed E-state index contributed by atoms with van der Waals surface area (Å²) in [4.78, 5) is 0.230. The molecule has 0 saturated carbocycles. The van der Waals surface area contributed by atoms with E-state index in [1.165, 1.54) is 6.07 Å². The third-order valence-corrected chi connectivity index (χ3v) is 5.25. The molecule has 0 bridgehead atoms. The van der Waals surface area contributed by atoms with Crippen LogP contribution in [-0.2, 0) is 23.0 Å². The number of halogens is 2. The molecule has 0 atom stereocenters. The van der Waals surface area contributed by atoms with Crippen LogP contribution in [-0.4, -0.2) is 8.42 Å². The molecule has 0 aliphatic carbocycles. The molecule has 0 saturated heterocycles. The van der Waals surface area contributed by atoms with Crippen LogP contribution in [0.5, 0.6) is 0 Å². The molecule has 3 nitrogen and oxygen atoms in total. The van der Waals surface area contributed by atoms with E-state index < -0.39 is 10.0 Å². The van der Waals surface area contributed by atoms with E-state index >= 15 is 0 Å². The van der Waals surface area contributed by atoms with Gasteiger partial charge in [-0.3, -0.25) is 0 Å². The van der Waals surface area contributed by atoms with E-state index in [-0.39, 0.29) is 17.3 Å². The minimum atomic E-state index is -3.57. The van der Waals surface area contributed by atoms with Crippen LogP contribution in [0.1, 0.15) is 24.5 Å². The molecule has 0 heterocycles. The topological polar surface area (TPSA) is 46.2 Å². The molecule has 0 aliphatic heterocycles. The quantitative estimate of drug-likeness (QED) is 0.815. The lowest BCUT2D eigenvalue weighted by Gasteiger charge is -2.08. The van der Waals surface area contributed by atoms with Gasteiger partial charge in [0.2, 0.25) is 10.0 Å². The Kier molecular flexibility index (Phi) is 5.72. The van der Waals surface area contributed by atoms with Crippen LogP contribution in [0.2, 0.25) is 0 Å². The SMILES string of the molecule is CCCc1ccc(S(=O)(=O)NCc2ccc(F)c(Br)c2)cc1. The van der Waals surface area contributed by atoms with Crippen molar-refractivity contribution in [2.45, 2.75) is 31.2 Å². The van der Waals surface area contributed by atoms with Gasteiger partial charge in [-0.1, -0.05) is 31.5 Å². The normalized spacial score (nSPS) is 11.6. The first-order valence-corrected chi connectivity index (χ1v) is 9.22. The molecule has 0 aromatic heterocycles. The number of hydrogen-bond donors (Lipinski definition) is 1. The molecular formula is C16H17BrFNO2S. The maximum Gasteiger partial charge on any atom is 0.240 e. The summed E-state index contributed by atoms with van der Waals surface area (Å²) in [6.07, 6.45) is 1.95. The van der Waals surface area contributed by atoms with Gasteiger partial charge in [-0.05, 0) is 57.7 Å². The molecule has 0 spiro atoms. The van der Waals surface area contributed by atoms with Crippen molar-refractivity contribution in [1.82, 2.24) is 4.72 Å². The van der Waals surface area contributed by atoms with Crippen molar-refractivity contribution >= 4 is 26.0 Å². The zero-order valence-corrected chi connectivity index (χ0v) is 14.5. The van der Waals surface area contributed by atoms with Crippen LogP contribution >= 0.6 is 15.9 Å². The van der Waals surface area contributed by atoms with Crippen LogP contribution in [0.4, 0.5) is 4.39 Å². The molecule has 0 unspecified atom stereocenters. The Bertz CT molecular complexity index is 745. The van der Waals surface area contributed by atoms with Gasteiger partial charge in [-0.15, -0.1) is 0 Å². The van der Waals surface area contributed by atoms with Gasteiger partial charge >= 0.3 is 0 Å². The second-order valence-corrected chi connectivity index (χ2v) is 7.59. The summed E-state index contributed by atoms with van der Waals surface area (Å²) < 4.78 is 40.4. The molecule has 0 amide bonds. The second-order valence-electron chi connectivity index (χ2n) is 4.97. The maximum atomic E-state index is 13.2. The average molecular weight is 386 g/mol. The van der Waals surface area contributed by atoms with E-state index in [0.29, 0.717) is 10.0 Å². The monoisotopic (exact) mass is 385 g/mol. The lowest BCUT2D eigenvalue weighted by atomic mass is 10.1. The Hall–Kier alpha value is -1.24. The molecule has 6 heteroatoms. The number of sulfonamides is 1. The fraction of sp³-hybridized carbons (Fsp3) is 0.250. The van der Waals surface area contributed by atoms with Gasteiger partial charge in [0.05, 0.1) is 9.37 Å². The van der Waals surface area contributed by atoms with Crippen molar-refractivity contribution in [3.05, 3.63) is 63.9 Å². The lowest BCUT2D eigenvalue weighted by Crippen LogP contribution is -2.23.